The van der Waals surface area contributed by atoms with Gasteiger partial charge < -0.3 is 10.6 Å². The van der Waals surface area contributed by atoms with Crippen LogP contribution < -0.4 is 10.6 Å². The number of halogens is 3. The van der Waals surface area contributed by atoms with Gasteiger partial charge in [0.25, 0.3) is 0 Å². The van der Waals surface area contributed by atoms with Gasteiger partial charge in [0.2, 0.25) is 0 Å². The number of para-hydroxylation sites is 1. The molecule has 0 fully saturated rings. The molecule has 0 unspecified atom stereocenters. The minimum absolute atomic E-state index is 0.0359. The first-order valence-electron chi connectivity index (χ1n) is 4.20. The molecule has 0 radical (unpaired) electrons. The minimum atomic E-state index is -0.580. The number of anilines is 1. The summed E-state index contributed by atoms with van der Waals surface area (Å²) < 4.78 is 13.2. The van der Waals surface area contributed by atoms with E-state index in [1.807, 2.05) is 0 Å². The molecule has 3 nitrogen and oxygen atoms in total. The highest BCUT2D eigenvalue weighted by Crippen LogP contribution is 2.24. The summed E-state index contributed by atoms with van der Waals surface area (Å²) in [6.07, 6.45) is 0. The molecule has 0 aliphatic rings. The maximum Gasteiger partial charge on any atom is 0.319 e. The molecular formula is C9H9Cl2FN2O. The predicted molar refractivity (Wildman–Crippen MR) is 59.2 cm³/mol. The van der Waals surface area contributed by atoms with E-state index in [0.29, 0.717) is 12.4 Å². The van der Waals surface area contributed by atoms with Crippen molar-refractivity contribution in [1.82, 2.24) is 5.32 Å². The number of rotatable bonds is 3. The first-order chi connectivity index (χ1) is 7.15. The number of hydrogen-bond donors (Lipinski definition) is 2. The first-order valence-corrected chi connectivity index (χ1v) is 5.11. The molecule has 1 rings (SSSR count). The average Bonchev–Trinajstić information content (AvgIpc) is 2.21. The Bertz CT molecular complexity index is 340. The Kier molecular flexibility index (Phi) is 4.65. The van der Waals surface area contributed by atoms with Crippen molar-refractivity contribution in [3.05, 3.63) is 29.0 Å². The summed E-state index contributed by atoms with van der Waals surface area (Å²) in [4.78, 5) is 11.2. The fourth-order valence-electron chi connectivity index (χ4n) is 0.936. The Morgan fingerprint density at radius 2 is 2.20 bits per heavy atom. The van der Waals surface area contributed by atoms with E-state index in [2.05, 4.69) is 10.6 Å². The van der Waals surface area contributed by atoms with Crippen LogP contribution in [0.2, 0.25) is 5.02 Å². The molecular weight excluding hydrogens is 242 g/mol. The summed E-state index contributed by atoms with van der Waals surface area (Å²) in [5.74, 6) is -0.290. The smallest absolute Gasteiger partial charge is 0.319 e. The predicted octanol–water partition coefficient (Wildman–Crippen LogP) is 2.84. The largest absolute Gasteiger partial charge is 0.337 e. The zero-order valence-corrected chi connectivity index (χ0v) is 9.20. The van der Waals surface area contributed by atoms with E-state index in [1.54, 1.807) is 0 Å². The van der Waals surface area contributed by atoms with Crippen molar-refractivity contribution in [2.75, 3.05) is 17.7 Å². The second kappa shape index (κ2) is 5.78. The maximum absolute atomic E-state index is 13.2. The van der Waals surface area contributed by atoms with Crippen molar-refractivity contribution < 1.29 is 9.18 Å². The number of carbonyl (C=O) groups excluding carboxylic acids is 1. The van der Waals surface area contributed by atoms with E-state index >= 15 is 0 Å². The lowest BCUT2D eigenvalue weighted by Gasteiger charge is -2.08. The van der Waals surface area contributed by atoms with Crippen molar-refractivity contribution in [2.24, 2.45) is 0 Å². The van der Waals surface area contributed by atoms with E-state index in [-0.39, 0.29) is 10.7 Å². The molecule has 0 spiro atoms. The van der Waals surface area contributed by atoms with Crippen LogP contribution in [0.5, 0.6) is 0 Å². The SMILES string of the molecule is O=C(NCCCl)Nc1c(F)cccc1Cl. The Morgan fingerprint density at radius 3 is 2.80 bits per heavy atom. The Morgan fingerprint density at radius 1 is 1.47 bits per heavy atom. The van der Waals surface area contributed by atoms with Gasteiger partial charge in [0.15, 0.2) is 0 Å². The third-order valence-electron chi connectivity index (χ3n) is 1.58. The van der Waals surface area contributed by atoms with Crippen LogP contribution in [-0.4, -0.2) is 18.5 Å². The Labute approximate surface area is 96.6 Å². The molecule has 0 bridgehead atoms. The maximum atomic E-state index is 13.2. The quantitative estimate of drug-likeness (QED) is 0.797. The van der Waals surface area contributed by atoms with Crippen LogP contribution in [0.15, 0.2) is 18.2 Å². The van der Waals surface area contributed by atoms with E-state index in [1.165, 1.54) is 18.2 Å². The van der Waals surface area contributed by atoms with Crippen molar-refractivity contribution in [3.63, 3.8) is 0 Å². The monoisotopic (exact) mass is 250 g/mol. The normalized spacial score (nSPS) is 9.80. The van der Waals surface area contributed by atoms with E-state index < -0.39 is 11.8 Å². The zero-order chi connectivity index (χ0) is 11.3. The third kappa shape index (κ3) is 3.57. The molecule has 0 heterocycles. The van der Waals surface area contributed by atoms with Gasteiger partial charge in [-0.1, -0.05) is 17.7 Å². The topological polar surface area (TPSA) is 41.1 Å². The second-order valence-corrected chi connectivity index (χ2v) is 3.45. The van der Waals surface area contributed by atoms with Gasteiger partial charge in [-0.3, -0.25) is 0 Å². The number of alkyl halides is 1. The highest BCUT2D eigenvalue weighted by atomic mass is 35.5. The number of amides is 2. The van der Waals surface area contributed by atoms with Crippen molar-refractivity contribution in [1.29, 1.82) is 0 Å². The van der Waals surface area contributed by atoms with Crippen LogP contribution in [0.25, 0.3) is 0 Å². The summed E-state index contributed by atoms with van der Waals surface area (Å²) in [6, 6.07) is 3.62. The molecule has 82 valence electrons. The fraction of sp³-hybridized carbons (Fsp3) is 0.222. The number of urea groups is 1. The molecule has 0 saturated carbocycles. The molecule has 0 aromatic heterocycles. The lowest BCUT2D eigenvalue weighted by atomic mass is 10.3. The van der Waals surface area contributed by atoms with E-state index in [0.717, 1.165) is 0 Å². The van der Waals surface area contributed by atoms with Gasteiger partial charge in [0, 0.05) is 12.4 Å². The molecule has 2 N–H and O–H groups in total. The van der Waals surface area contributed by atoms with Crippen molar-refractivity contribution >= 4 is 34.9 Å². The summed E-state index contributed by atoms with van der Waals surface area (Å²) in [7, 11) is 0. The molecule has 1 aromatic rings. The van der Waals surface area contributed by atoms with Crippen LogP contribution in [0.1, 0.15) is 0 Å². The van der Waals surface area contributed by atoms with Crippen LogP contribution >= 0.6 is 23.2 Å². The summed E-state index contributed by atoms with van der Waals surface area (Å²) in [6.45, 7) is 0.305. The van der Waals surface area contributed by atoms with Crippen molar-refractivity contribution in [2.45, 2.75) is 0 Å². The molecule has 2 amide bonds. The van der Waals surface area contributed by atoms with Crippen LogP contribution in [0.3, 0.4) is 0 Å². The van der Waals surface area contributed by atoms with Gasteiger partial charge in [0.1, 0.15) is 5.82 Å². The summed E-state index contributed by atoms with van der Waals surface area (Å²) >= 11 is 11.1. The molecule has 0 aliphatic carbocycles. The van der Waals surface area contributed by atoms with Crippen molar-refractivity contribution in [3.8, 4) is 0 Å². The summed E-state index contributed by atoms with van der Waals surface area (Å²) in [5.41, 5.74) is -0.0359. The van der Waals surface area contributed by atoms with E-state index in [9.17, 15) is 9.18 Å². The number of benzene rings is 1. The lowest BCUT2D eigenvalue weighted by molar-refractivity contribution is 0.252. The van der Waals surface area contributed by atoms with Crippen LogP contribution in [-0.2, 0) is 0 Å². The Balaban J connectivity index is 2.68. The van der Waals surface area contributed by atoms with Gasteiger partial charge >= 0.3 is 6.03 Å². The molecule has 15 heavy (non-hydrogen) atoms. The van der Waals surface area contributed by atoms with E-state index in [4.69, 9.17) is 23.2 Å². The average molecular weight is 251 g/mol. The van der Waals surface area contributed by atoms with Gasteiger partial charge in [-0.05, 0) is 12.1 Å². The van der Waals surface area contributed by atoms with Gasteiger partial charge in [-0.2, -0.15) is 0 Å². The zero-order valence-electron chi connectivity index (χ0n) is 7.69. The third-order valence-corrected chi connectivity index (χ3v) is 2.09. The molecule has 0 aliphatic heterocycles. The number of carbonyl (C=O) groups is 1. The summed E-state index contributed by atoms with van der Waals surface area (Å²) in [5, 5.41) is 4.87. The molecule has 0 atom stereocenters. The highest BCUT2D eigenvalue weighted by Gasteiger charge is 2.09. The van der Waals surface area contributed by atoms with Crippen LogP contribution in [0.4, 0.5) is 14.9 Å². The molecule has 0 saturated heterocycles. The standard InChI is InChI=1S/C9H9Cl2FN2O/c10-4-5-13-9(15)14-8-6(11)2-1-3-7(8)12/h1-3H,4-5H2,(H2,13,14,15). The van der Waals surface area contributed by atoms with Gasteiger partial charge in [-0.25, -0.2) is 9.18 Å². The second-order valence-electron chi connectivity index (χ2n) is 2.67. The molecule has 6 heteroatoms. The Hall–Kier alpha value is -1.00. The minimum Gasteiger partial charge on any atom is -0.337 e. The van der Waals surface area contributed by atoms with Crippen LogP contribution in [0, 0.1) is 5.82 Å². The number of nitrogens with one attached hydrogen (secondary N) is 2. The molecule has 1 aromatic carbocycles. The highest BCUT2D eigenvalue weighted by molar-refractivity contribution is 6.33. The lowest BCUT2D eigenvalue weighted by Crippen LogP contribution is -2.30. The fourth-order valence-corrected chi connectivity index (χ4v) is 1.24. The van der Waals surface area contributed by atoms with Gasteiger partial charge in [-0.15, -0.1) is 11.6 Å². The first kappa shape index (κ1) is 12.1. The van der Waals surface area contributed by atoms with Gasteiger partial charge in [0.05, 0.1) is 10.7 Å². The number of hydrogen-bond acceptors (Lipinski definition) is 1.